The van der Waals surface area contributed by atoms with Crippen molar-refractivity contribution in [2.24, 2.45) is 0 Å². The van der Waals surface area contributed by atoms with Gasteiger partial charge in [-0.3, -0.25) is 0 Å². The van der Waals surface area contributed by atoms with Crippen LogP contribution in [0.3, 0.4) is 0 Å². The van der Waals surface area contributed by atoms with Gasteiger partial charge in [0.2, 0.25) is 0 Å². The van der Waals surface area contributed by atoms with Gasteiger partial charge in [-0.2, -0.15) is 0 Å². The summed E-state index contributed by atoms with van der Waals surface area (Å²) in [5.74, 6) is 0. The molecule has 1 aliphatic rings. The SMILES string of the molecule is Clc1cc(C2(Br)CCCCC2)ncn1. The van der Waals surface area contributed by atoms with Gasteiger partial charge in [-0.15, -0.1) is 0 Å². The van der Waals surface area contributed by atoms with E-state index in [0.29, 0.717) is 5.15 Å². The third kappa shape index (κ3) is 2.09. The fraction of sp³-hybridized carbons (Fsp3) is 0.600. The van der Waals surface area contributed by atoms with Crippen LogP contribution >= 0.6 is 27.5 Å². The standard InChI is InChI=1S/C10H12BrClN2/c11-10(4-2-1-3-5-10)8-6-9(12)14-7-13-8/h6-7H,1-5H2. The van der Waals surface area contributed by atoms with Crippen LogP contribution in [0.25, 0.3) is 0 Å². The van der Waals surface area contributed by atoms with E-state index in [1.165, 1.54) is 25.6 Å². The average Bonchev–Trinajstić information content (AvgIpc) is 2.19. The van der Waals surface area contributed by atoms with Gasteiger partial charge in [0.05, 0.1) is 10.0 Å². The predicted octanol–water partition coefficient (Wildman–Crippen LogP) is 3.68. The summed E-state index contributed by atoms with van der Waals surface area (Å²) in [6.45, 7) is 0. The largest absolute Gasteiger partial charge is 0.240 e. The Morgan fingerprint density at radius 3 is 2.57 bits per heavy atom. The molecule has 1 saturated carbocycles. The van der Waals surface area contributed by atoms with Crippen molar-refractivity contribution in [2.75, 3.05) is 0 Å². The molecule has 0 aromatic carbocycles. The lowest BCUT2D eigenvalue weighted by Gasteiger charge is -2.30. The first-order valence-electron chi connectivity index (χ1n) is 4.88. The van der Waals surface area contributed by atoms with Gasteiger partial charge in [0, 0.05) is 0 Å². The Morgan fingerprint density at radius 1 is 1.21 bits per heavy atom. The number of alkyl halides is 1. The fourth-order valence-electron chi connectivity index (χ4n) is 1.95. The van der Waals surface area contributed by atoms with Crippen molar-refractivity contribution < 1.29 is 0 Å². The lowest BCUT2D eigenvalue weighted by atomic mass is 9.86. The van der Waals surface area contributed by atoms with Crippen LogP contribution in [0.5, 0.6) is 0 Å². The molecule has 0 saturated heterocycles. The zero-order chi connectivity index (χ0) is 10.0. The molecular formula is C10H12BrClN2. The van der Waals surface area contributed by atoms with E-state index < -0.39 is 0 Å². The number of aromatic nitrogens is 2. The third-order valence-electron chi connectivity index (χ3n) is 2.74. The Morgan fingerprint density at radius 2 is 1.93 bits per heavy atom. The molecule has 2 nitrogen and oxygen atoms in total. The summed E-state index contributed by atoms with van der Waals surface area (Å²) < 4.78 is 0.0395. The molecule has 1 fully saturated rings. The van der Waals surface area contributed by atoms with Crippen LogP contribution in [0.4, 0.5) is 0 Å². The normalized spacial score (nSPS) is 20.7. The minimum Gasteiger partial charge on any atom is -0.240 e. The van der Waals surface area contributed by atoms with Gasteiger partial charge in [-0.1, -0.05) is 46.8 Å². The van der Waals surface area contributed by atoms with Crippen molar-refractivity contribution in [1.29, 1.82) is 0 Å². The summed E-state index contributed by atoms with van der Waals surface area (Å²) in [5, 5.41) is 0.527. The van der Waals surface area contributed by atoms with Crippen LogP contribution in [-0.2, 0) is 4.32 Å². The van der Waals surface area contributed by atoms with Crippen LogP contribution in [-0.4, -0.2) is 9.97 Å². The van der Waals surface area contributed by atoms with E-state index in [2.05, 4.69) is 25.9 Å². The summed E-state index contributed by atoms with van der Waals surface area (Å²) in [6, 6.07) is 1.86. The van der Waals surface area contributed by atoms with Gasteiger partial charge in [0.15, 0.2) is 0 Å². The van der Waals surface area contributed by atoms with Gasteiger partial charge >= 0.3 is 0 Å². The topological polar surface area (TPSA) is 25.8 Å². The second-order valence-electron chi connectivity index (χ2n) is 3.75. The van der Waals surface area contributed by atoms with Crippen molar-refractivity contribution >= 4 is 27.5 Å². The highest BCUT2D eigenvalue weighted by Crippen LogP contribution is 2.43. The quantitative estimate of drug-likeness (QED) is 0.577. The maximum atomic E-state index is 5.85. The Bertz CT molecular complexity index is 324. The van der Waals surface area contributed by atoms with Crippen LogP contribution in [0.2, 0.25) is 5.15 Å². The fourth-order valence-corrected chi connectivity index (χ4v) is 2.87. The van der Waals surface area contributed by atoms with Crippen molar-refractivity contribution in [2.45, 2.75) is 36.4 Å². The van der Waals surface area contributed by atoms with E-state index >= 15 is 0 Å². The first-order valence-corrected chi connectivity index (χ1v) is 6.05. The number of halogens is 2. The summed E-state index contributed by atoms with van der Waals surface area (Å²) in [7, 11) is 0. The van der Waals surface area contributed by atoms with E-state index in [1.54, 1.807) is 0 Å². The Kier molecular flexibility index (Phi) is 3.07. The molecule has 0 radical (unpaired) electrons. The minimum absolute atomic E-state index is 0.0395. The van der Waals surface area contributed by atoms with Crippen LogP contribution in [0.15, 0.2) is 12.4 Å². The van der Waals surface area contributed by atoms with Crippen molar-refractivity contribution in [3.63, 3.8) is 0 Å². The minimum atomic E-state index is 0.0395. The molecule has 1 heterocycles. The number of hydrogen-bond acceptors (Lipinski definition) is 2. The first-order chi connectivity index (χ1) is 6.71. The molecule has 1 aromatic rings. The molecule has 4 heteroatoms. The second-order valence-corrected chi connectivity index (χ2v) is 5.66. The van der Waals surface area contributed by atoms with Gasteiger partial charge in [-0.05, 0) is 18.9 Å². The van der Waals surface area contributed by atoms with Gasteiger partial charge in [0.1, 0.15) is 11.5 Å². The molecule has 0 spiro atoms. The van der Waals surface area contributed by atoms with Crippen molar-refractivity contribution in [3.05, 3.63) is 23.2 Å². The van der Waals surface area contributed by atoms with Crippen molar-refractivity contribution in [1.82, 2.24) is 9.97 Å². The highest BCUT2D eigenvalue weighted by molar-refractivity contribution is 9.09. The summed E-state index contributed by atoms with van der Waals surface area (Å²) >= 11 is 9.64. The van der Waals surface area contributed by atoms with E-state index in [9.17, 15) is 0 Å². The lowest BCUT2D eigenvalue weighted by molar-refractivity contribution is 0.407. The van der Waals surface area contributed by atoms with Gasteiger partial charge in [0.25, 0.3) is 0 Å². The molecule has 0 aliphatic heterocycles. The highest BCUT2D eigenvalue weighted by atomic mass is 79.9. The van der Waals surface area contributed by atoms with Gasteiger partial charge in [-0.25, -0.2) is 9.97 Å². The molecule has 0 atom stereocenters. The molecular weight excluding hydrogens is 263 g/mol. The van der Waals surface area contributed by atoms with E-state index in [1.807, 2.05) is 6.07 Å². The molecule has 1 aromatic heterocycles. The third-order valence-corrected chi connectivity index (χ3v) is 4.14. The Balaban J connectivity index is 2.28. The van der Waals surface area contributed by atoms with Crippen LogP contribution in [0.1, 0.15) is 37.8 Å². The Labute approximate surface area is 97.2 Å². The van der Waals surface area contributed by atoms with Gasteiger partial charge < -0.3 is 0 Å². The summed E-state index contributed by atoms with van der Waals surface area (Å²) in [5.41, 5.74) is 1.03. The molecule has 1 aliphatic carbocycles. The molecule has 2 rings (SSSR count). The molecule has 0 amide bonds. The smallest absolute Gasteiger partial charge is 0.132 e. The van der Waals surface area contributed by atoms with Crippen LogP contribution in [0, 0.1) is 0 Å². The predicted molar refractivity (Wildman–Crippen MR) is 60.7 cm³/mol. The molecule has 0 bridgehead atoms. The summed E-state index contributed by atoms with van der Waals surface area (Å²) in [4.78, 5) is 8.19. The zero-order valence-electron chi connectivity index (χ0n) is 7.84. The number of rotatable bonds is 1. The van der Waals surface area contributed by atoms with E-state index in [-0.39, 0.29) is 4.32 Å². The Hall–Kier alpha value is -0.150. The monoisotopic (exact) mass is 274 g/mol. The maximum absolute atomic E-state index is 5.85. The van der Waals surface area contributed by atoms with E-state index in [4.69, 9.17) is 11.6 Å². The molecule has 14 heavy (non-hydrogen) atoms. The number of hydrogen-bond donors (Lipinski definition) is 0. The zero-order valence-corrected chi connectivity index (χ0v) is 10.2. The number of nitrogens with zero attached hydrogens (tertiary/aromatic N) is 2. The molecule has 76 valence electrons. The van der Waals surface area contributed by atoms with Crippen LogP contribution < -0.4 is 0 Å². The lowest BCUT2D eigenvalue weighted by Crippen LogP contribution is -2.22. The molecule has 0 unspecified atom stereocenters. The maximum Gasteiger partial charge on any atom is 0.132 e. The first kappa shape index (κ1) is 10.4. The van der Waals surface area contributed by atoms with Crippen molar-refractivity contribution in [3.8, 4) is 0 Å². The average molecular weight is 276 g/mol. The highest BCUT2D eigenvalue weighted by Gasteiger charge is 2.32. The van der Waals surface area contributed by atoms with E-state index in [0.717, 1.165) is 18.5 Å². The second kappa shape index (κ2) is 4.15. The molecule has 0 N–H and O–H groups in total. The summed E-state index contributed by atoms with van der Waals surface area (Å²) in [6.07, 6.45) is 7.65.